The zero-order chi connectivity index (χ0) is 27.6. The first kappa shape index (κ1) is 27.5. The minimum atomic E-state index is -2.94. The quantitative estimate of drug-likeness (QED) is 0.275. The molecule has 1 saturated heterocycles. The molecule has 202 valence electrons. The van der Waals surface area contributed by atoms with E-state index < -0.39 is 29.7 Å². The molecule has 2 heterocycles. The summed E-state index contributed by atoms with van der Waals surface area (Å²) >= 11 is 0. The van der Waals surface area contributed by atoms with Gasteiger partial charge in [-0.2, -0.15) is 0 Å². The van der Waals surface area contributed by atoms with Gasteiger partial charge in [0.1, 0.15) is 23.3 Å². The van der Waals surface area contributed by atoms with E-state index in [9.17, 15) is 22.4 Å². The van der Waals surface area contributed by atoms with Crippen molar-refractivity contribution in [2.75, 3.05) is 30.4 Å². The van der Waals surface area contributed by atoms with Gasteiger partial charge >= 0.3 is 0 Å². The van der Waals surface area contributed by atoms with Crippen molar-refractivity contribution in [3.05, 3.63) is 82.3 Å². The summed E-state index contributed by atoms with van der Waals surface area (Å²) in [4.78, 5) is 25.2. The van der Waals surface area contributed by atoms with Gasteiger partial charge < -0.3 is 15.1 Å². The molecule has 0 saturated carbocycles. The van der Waals surface area contributed by atoms with E-state index in [4.69, 9.17) is 4.98 Å². The zero-order valence-electron chi connectivity index (χ0n) is 21.8. The van der Waals surface area contributed by atoms with Crippen LogP contribution in [0.25, 0.3) is 0 Å². The van der Waals surface area contributed by atoms with E-state index in [1.54, 1.807) is 13.8 Å². The predicted molar refractivity (Wildman–Crippen MR) is 138 cm³/mol. The number of nitrogens with zero attached hydrogens (tertiary/aromatic N) is 4. The Morgan fingerprint density at radius 3 is 2.42 bits per heavy atom. The molecule has 1 amide bonds. The van der Waals surface area contributed by atoms with Gasteiger partial charge in [0.05, 0.1) is 23.8 Å². The Labute approximate surface area is 219 Å². The van der Waals surface area contributed by atoms with Crippen molar-refractivity contribution in [2.24, 2.45) is 0 Å². The average Bonchev–Trinajstić information content (AvgIpc) is 3.23. The number of aryl methyl sites for hydroxylation is 1. The van der Waals surface area contributed by atoms with Gasteiger partial charge in [-0.1, -0.05) is 25.1 Å². The van der Waals surface area contributed by atoms with Crippen LogP contribution < -0.4 is 10.2 Å². The summed E-state index contributed by atoms with van der Waals surface area (Å²) in [5.41, 5.74) is 0.915. The van der Waals surface area contributed by atoms with E-state index in [0.29, 0.717) is 29.3 Å². The van der Waals surface area contributed by atoms with Crippen LogP contribution >= 0.6 is 0 Å². The van der Waals surface area contributed by atoms with Crippen LogP contribution in [0.1, 0.15) is 60.9 Å². The molecular formula is C28H31F4N5O. The highest BCUT2D eigenvalue weighted by molar-refractivity contribution is 5.75. The second-order valence-electron chi connectivity index (χ2n) is 10.1. The highest BCUT2D eigenvalue weighted by atomic mass is 19.3. The lowest BCUT2D eigenvalue weighted by molar-refractivity contribution is -0.107. The number of alkyl halides is 2. The van der Waals surface area contributed by atoms with Crippen molar-refractivity contribution in [1.29, 1.82) is 0 Å². The van der Waals surface area contributed by atoms with Gasteiger partial charge in [0.2, 0.25) is 6.41 Å². The molecule has 0 spiro atoms. The summed E-state index contributed by atoms with van der Waals surface area (Å²) in [6, 6.07) is 8.75. The normalized spacial score (nSPS) is 18.6. The number of carbonyl (C=O) groups excluding carboxylic acids is 1. The number of carbonyl (C=O) groups is 1. The topological polar surface area (TPSA) is 61.4 Å². The Kier molecular flexibility index (Phi) is 8.01. The summed E-state index contributed by atoms with van der Waals surface area (Å²) in [5.74, 6) is -0.535. The number of hydrogen-bond acceptors (Lipinski definition) is 5. The monoisotopic (exact) mass is 529 g/mol. The van der Waals surface area contributed by atoms with Crippen LogP contribution in [-0.4, -0.2) is 41.4 Å². The van der Waals surface area contributed by atoms with Gasteiger partial charge in [-0.05, 0) is 58.1 Å². The number of hydrogen-bond donors (Lipinski definition) is 1. The maximum absolute atomic E-state index is 15.0. The van der Waals surface area contributed by atoms with E-state index in [1.807, 2.05) is 7.05 Å². The molecule has 1 fully saturated rings. The van der Waals surface area contributed by atoms with E-state index >= 15 is 0 Å². The number of aromatic nitrogens is 2. The number of rotatable bonds is 9. The van der Waals surface area contributed by atoms with E-state index in [1.165, 1.54) is 41.3 Å². The summed E-state index contributed by atoms with van der Waals surface area (Å²) < 4.78 is 55.2. The standard InChI is InChI=1S/C28H31F4N5O/c1-17(21-6-5-7-22(24(21)30)26(31)32)33-27-23(14-37(16-38)20-10-8-19(29)9-11-20)25(34-18(2)35-27)28(3)12-13-36(4)15-28/h5-11,16-17,26H,12-15H2,1-4H3,(H,33,34,35)/t17-,28?/m1/s1. The van der Waals surface area contributed by atoms with Crippen LogP contribution in [0.5, 0.6) is 0 Å². The SMILES string of the molecule is Cc1nc(N[C@H](C)c2cccc(C(F)F)c2F)c(CN(C=O)c2ccc(F)cc2)c(C2(C)CCN(C)C2)n1. The number of likely N-dealkylation sites (tertiary alicyclic amines) is 1. The smallest absolute Gasteiger partial charge is 0.266 e. The molecule has 0 aliphatic carbocycles. The van der Waals surface area contributed by atoms with Gasteiger partial charge in [0, 0.05) is 28.8 Å². The molecule has 4 rings (SSSR count). The maximum atomic E-state index is 15.0. The molecule has 2 atom stereocenters. The Balaban J connectivity index is 1.80. The van der Waals surface area contributed by atoms with E-state index in [-0.39, 0.29) is 17.5 Å². The number of halogens is 4. The first-order valence-electron chi connectivity index (χ1n) is 12.4. The molecule has 1 aromatic heterocycles. The Bertz CT molecular complexity index is 1300. The lowest BCUT2D eigenvalue weighted by Gasteiger charge is -2.30. The minimum absolute atomic E-state index is 0.0681. The lowest BCUT2D eigenvalue weighted by Crippen LogP contribution is -2.32. The Morgan fingerprint density at radius 1 is 1.13 bits per heavy atom. The van der Waals surface area contributed by atoms with Crippen molar-refractivity contribution >= 4 is 17.9 Å². The maximum Gasteiger partial charge on any atom is 0.266 e. The molecule has 38 heavy (non-hydrogen) atoms. The fraction of sp³-hybridized carbons (Fsp3) is 0.393. The van der Waals surface area contributed by atoms with Crippen LogP contribution in [0.3, 0.4) is 0 Å². The fourth-order valence-corrected chi connectivity index (χ4v) is 5.10. The van der Waals surface area contributed by atoms with Crippen LogP contribution in [0.4, 0.5) is 29.1 Å². The average molecular weight is 530 g/mol. The van der Waals surface area contributed by atoms with E-state index in [0.717, 1.165) is 31.3 Å². The molecule has 1 aliphatic rings. The summed E-state index contributed by atoms with van der Waals surface area (Å²) in [7, 11) is 2.02. The van der Waals surface area contributed by atoms with Crippen LogP contribution in [0.15, 0.2) is 42.5 Å². The molecule has 3 aromatic rings. The second kappa shape index (κ2) is 11.1. The molecular weight excluding hydrogens is 498 g/mol. The second-order valence-corrected chi connectivity index (χ2v) is 10.1. The Morgan fingerprint density at radius 2 is 1.82 bits per heavy atom. The van der Waals surface area contributed by atoms with E-state index in [2.05, 4.69) is 22.1 Å². The largest absolute Gasteiger partial charge is 0.363 e. The van der Waals surface area contributed by atoms with Gasteiger partial charge in [0.25, 0.3) is 6.43 Å². The summed E-state index contributed by atoms with van der Waals surface area (Å²) in [6.07, 6.45) is -1.47. The minimum Gasteiger partial charge on any atom is -0.363 e. The molecule has 0 bridgehead atoms. The number of nitrogens with one attached hydrogen (secondary N) is 1. The third kappa shape index (κ3) is 5.65. The molecule has 6 nitrogen and oxygen atoms in total. The lowest BCUT2D eigenvalue weighted by atomic mass is 9.83. The molecule has 1 unspecified atom stereocenters. The van der Waals surface area contributed by atoms with Crippen molar-refractivity contribution in [3.8, 4) is 0 Å². The van der Waals surface area contributed by atoms with Crippen molar-refractivity contribution < 1.29 is 22.4 Å². The highest BCUT2D eigenvalue weighted by Gasteiger charge is 2.38. The first-order chi connectivity index (χ1) is 18.0. The van der Waals surface area contributed by atoms with Gasteiger partial charge in [-0.3, -0.25) is 4.79 Å². The van der Waals surface area contributed by atoms with Crippen molar-refractivity contribution in [1.82, 2.24) is 14.9 Å². The zero-order valence-corrected chi connectivity index (χ0v) is 21.8. The number of anilines is 2. The van der Waals surface area contributed by atoms with Crippen LogP contribution in [0.2, 0.25) is 0 Å². The predicted octanol–water partition coefficient (Wildman–Crippen LogP) is 5.93. The third-order valence-electron chi connectivity index (χ3n) is 7.08. The van der Waals surface area contributed by atoms with Gasteiger partial charge in [-0.15, -0.1) is 0 Å². The molecule has 0 radical (unpaired) electrons. The van der Waals surface area contributed by atoms with Gasteiger partial charge in [0.15, 0.2) is 0 Å². The number of benzene rings is 2. The number of amides is 1. The Hall–Kier alpha value is -3.53. The first-order valence-corrected chi connectivity index (χ1v) is 12.4. The van der Waals surface area contributed by atoms with Crippen LogP contribution in [0, 0.1) is 18.6 Å². The molecule has 10 heteroatoms. The van der Waals surface area contributed by atoms with Crippen molar-refractivity contribution in [2.45, 2.75) is 51.6 Å². The molecule has 1 aliphatic heterocycles. The number of likely N-dealkylation sites (N-methyl/N-ethyl adjacent to an activating group) is 1. The fourth-order valence-electron chi connectivity index (χ4n) is 5.10. The summed E-state index contributed by atoms with van der Waals surface area (Å²) in [5, 5.41) is 3.20. The molecule has 1 N–H and O–H groups in total. The van der Waals surface area contributed by atoms with Gasteiger partial charge in [-0.25, -0.2) is 27.5 Å². The van der Waals surface area contributed by atoms with Crippen LogP contribution in [-0.2, 0) is 16.8 Å². The molecule has 2 aromatic carbocycles. The summed E-state index contributed by atoms with van der Waals surface area (Å²) in [6.45, 7) is 7.17. The highest BCUT2D eigenvalue weighted by Crippen LogP contribution is 2.38. The third-order valence-corrected chi connectivity index (χ3v) is 7.08. The van der Waals surface area contributed by atoms with Crippen molar-refractivity contribution in [3.63, 3.8) is 0 Å².